The number of amides is 1. The maximum atomic E-state index is 12.7. The van der Waals surface area contributed by atoms with Crippen LogP contribution >= 0.6 is 0 Å². The van der Waals surface area contributed by atoms with E-state index in [9.17, 15) is 4.79 Å². The number of ether oxygens (including phenoxy) is 2. The van der Waals surface area contributed by atoms with E-state index in [1.165, 1.54) is 0 Å². The van der Waals surface area contributed by atoms with Gasteiger partial charge in [-0.3, -0.25) is 4.79 Å². The highest BCUT2D eigenvalue weighted by Gasteiger charge is 2.16. The highest BCUT2D eigenvalue weighted by molar-refractivity contribution is 5.98. The molecule has 1 aliphatic rings. The quantitative estimate of drug-likeness (QED) is 0.679. The number of hydrogen-bond acceptors (Lipinski definition) is 4. The first-order valence-corrected chi connectivity index (χ1v) is 9.28. The summed E-state index contributed by atoms with van der Waals surface area (Å²) in [5.41, 5.74) is 3.91. The molecule has 3 aromatic rings. The summed E-state index contributed by atoms with van der Waals surface area (Å²) in [4.78, 5) is 12.7. The lowest BCUT2D eigenvalue weighted by Crippen LogP contribution is -2.37. The third-order valence-electron chi connectivity index (χ3n) is 4.71. The fourth-order valence-corrected chi connectivity index (χ4v) is 3.12. The highest BCUT2D eigenvalue weighted by atomic mass is 16.7. The van der Waals surface area contributed by atoms with Crippen molar-refractivity contribution in [1.29, 1.82) is 0 Å². The van der Waals surface area contributed by atoms with Crippen LogP contribution in [0.25, 0.3) is 11.1 Å². The molecular formula is C23H22N2O3. The Labute approximate surface area is 164 Å². The van der Waals surface area contributed by atoms with E-state index in [2.05, 4.69) is 10.6 Å². The van der Waals surface area contributed by atoms with Gasteiger partial charge in [0.1, 0.15) is 0 Å². The van der Waals surface area contributed by atoms with Gasteiger partial charge in [-0.15, -0.1) is 0 Å². The zero-order valence-electron chi connectivity index (χ0n) is 15.6. The first kappa shape index (κ1) is 18.1. The molecule has 5 heteroatoms. The molecule has 0 fully saturated rings. The molecule has 1 heterocycles. The second-order valence-electron chi connectivity index (χ2n) is 6.69. The summed E-state index contributed by atoms with van der Waals surface area (Å²) in [5.74, 6) is 1.42. The van der Waals surface area contributed by atoms with E-state index in [0.717, 1.165) is 33.9 Å². The Morgan fingerprint density at radius 1 is 0.964 bits per heavy atom. The van der Waals surface area contributed by atoms with Crippen LogP contribution in [0.3, 0.4) is 0 Å². The number of para-hydroxylation sites is 1. The van der Waals surface area contributed by atoms with E-state index >= 15 is 0 Å². The molecule has 28 heavy (non-hydrogen) atoms. The minimum Gasteiger partial charge on any atom is -0.454 e. The number of carbonyl (C=O) groups is 1. The summed E-state index contributed by atoms with van der Waals surface area (Å²) in [6, 6.07) is 23.3. The average Bonchev–Trinajstić information content (AvgIpc) is 3.21. The zero-order chi connectivity index (χ0) is 19.3. The van der Waals surface area contributed by atoms with Gasteiger partial charge < -0.3 is 20.1 Å². The van der Waals surface area contributed by atoms with Gasteiger partial charge in [0.15, 0.2) is 11.5 Å². The van der Waals surface area contributed by atoms with Gasteiger partial charge in [-0.1, -0.05) is 54.6 Å². The molecule has 0 radical (unpaired) electrons. The van der Waals surface area contributed by atoms with Crippen molar-refractivity contribution in [2.24, 2.45) is 0 Å². The van der Waals surface area contributed by atoms with Gasteiger partial charge in [-0.25, -0.2) is 0 Å². The number of benzene rings is 3. The maximum absolute atomic E-state index is 12.7. The van der Waals surface area contributed by atoms with Crippen LogP contribution < -0.4 is 20.1 Å². The minimum absolute atomic E-state index is 0.0795. The van der Waals surface area contributed by atoms with Crippen molar-refractivity contribution < 1.29 is 14.3 Å². The summed E-state index contributed by atoms with van der Waals surface area (Å²) in [6.45, 7) is 2.67. The highest BCUT2D eigenvalue weighted by Crippen LogP contribution is 2.32. The lowest BCUT2D eigenvalue weighted by atomic mass is 10.0. The second kappa shape index (κ2) is 8.15. The van der Waals surface area contributed by atoms with Crippen LogP contribution in [0.15, 0.2) is 72.8 Å². The van der Waals surface area contributed by atoms with Crippen LogP contribution in [0.1, 0.15) is 12.5 Å². The summed E-state index contributed by atoms with van der Waals surface area (Å²) in [5, 5.41) is 6.30. The Hall–Kier alpha value is -3.31. The monoisotopic (exact) mass is 374 g/mol. The zero-order valence-corrected chi connectivity index (χ0v) is 15.6. The molecule has 4 rings (SSSR count). The molecule has 1 atom stereocenters. The predicted molar refractivity (Wildman–Crippen MR) is 109 cm³/mol. The van der Waals surface area contributed by atoms with Gasteiger partial charge in [-0.05, 0) is 36.2 Å². The number of nitrogens with one attached hydrogen (secondary N) is 2. The molecule has 0 saturated heterocycles. The van der Waals surface area contributed by atoms with Crippen molar-refractivity contribution in [2.75, 3.05) is 12.1 Å². The Kier molecular flexibility index (Phi) is 5.26. The fourth-order valence-electron chi connectivity index (χ4n) is 3.12. The van der Waals surface area contributed by atoms with Gasteiger partial charge in [0, 0.05) is 17.8 Å². The molecule has 0 saturated carbocycles. The summed E-state index contributed by atoms with van der Waals surface area (Å²) in [6.07, 6.45) is 0. The van der Waals surface area contributed by atoms with Gasteiger partial charge in [0.2, 0.25) is 12.7 Å². The van der Waals surface area contributed by atoms with E-state index in [0.29, 0.717) is 6.54 Å². The normalized spacial score (nSPS) is 13.2. The van der Waals surface area contributed by atoms with Crippen molar-refractivity contribution in [1.82, 2.24) is 5.32 Å². The lowest BCUT2D eigenvalue weighted by molar-refractivity contribution is -0.117. The summed E-state index contributed by atoms with van der Waals surface area (Å²) in [7, 11) is 0. The van der Waals surface area contributed by atoms with Crippen LogP contribution in [-0.2, 0) is 11.3 Å². The van der Waals surface area contributed by atoms with Gasteiger partial charge >= 0.3 is 0 Å². The van der Waals surface area contributed by atoms with Crippen LogP contribution in [-0.4, -0.2) is 18.7 Å². The number of rotatable bonds is 6. The molecule has 1 aliphatic heterocycles. The van der Waals surface area contributed by atoms with Crippen molar-refractivity contribution in [3.63, 3.8) is 0 Å². The molecule has 0 aromatic heterocycles. The first-order chi connectivity index (χ1) is 13.7. The second-order valence-corrected chi connectivity index (χ2v) is 6.69. The summed E-state index contributed by atoms with van der Waals surface area (Å²) < 4.78 is 10.7. The van der Waals surface area contributed by atoms with E-state index < -0.39 is 0 Å². The average molecular weight is 374 g/mol. The molecule has 2 N–H and O–H groups in total. The largest absolute Gasteiger partial charge is 0.454 e. The lowest BCUT2D eigenvalue weighted by Gasteiger charge is -2.16. The van der Waals surface area contributed by atoms with Crippen LogP contribution in [0, 0.1) is 0 Å². The van der Waals surface area contributed by atoms with Crippen molar-refractivity contribution in [2.45, 2.75) is 19.5 Å². The van der Waals surface area contributed by atoms with Gasteiger partial charge in [0.25, 0.3) is 0 Å². The Bertz CT molecular complexity index is 973. The minimum atomic E-state index is -0.353. The smallest absolute Gasteiger partial charge is 0.241 e. The van der Waals surface area contributed by atoms with Crippen molar-refractivity contribution in [3.8, 4) is 22.6 Å². The molecule has 3 aromatic carbocycles. The van der Waals surface area contributed by atoms with E-state index in [-0.39, 0.29) is 18.7 Å². The predicted octanol–water partition coefficient (Wildman–Crippen LogP) is 4.20. The molecule has 5 nitrogen and oxygen atoms in total. The molecule has 142 valence electrons. The van der Waals surface area contributed by atoms with Gasteiger partial charge in [0.05, 0.1) is 6.04 Å². The molecular weight excluding hydrogens is 352 g/mol. The van der Waals surface area contributed by atoms with Crippen LogP contribution in [0.4, 0.5) is 5.69 Å². The standard InChI is InChI=1S/C23H22N2O3/c1-16(24-14-17-11-12-21-22(13-17)28-15-27-21)23(26)25-20-10-6-5-9-19(20)18-7-3-2-4-8-18/h2-13,16,24H,14-15H2,1H3,(H,25,26)/t16-/m1/s1. The molecule has 0 aliphatic carbocycles. The summed E-state index contributed by atoms with van der Waals surface area (Å²) >= 11 is 0. The van der Waals surface area contributed by atoms with Crippen LogP contribution in [0.5, 0.6) is 11.5 Å². The fraction of sp³-hybridized carbons (Fsp3) is 0.174. The number of anilines is 1. The molecule has 1 amide bonds. The van der Waals surface area contributed by atoms with Gasteiger partial charge in [-0.2, -0.15) is 0 Å². The molecule has 0 unspecified atom stereocenters. The number of fused-ring (bicyclic) bond motifs is 1. The molecule has 0 bridgehead atoms. The third kappa shape index (κ3) is 4.00. The van der Waals surface area contributed by atoms with Crippen molar-refractivity contribution >= 4 is 11.6 Å². The Morgan fingerprint density at radius 2 is 1.71 bits per heavy atom. The van der Waals surface area contributed by atoms with E-state index in [1.807, 2.05) is 79.7 Å². The SMILES string of the molecule is C[C@@H](NCc1ccc2c(c1)OCO2)C(=O)Nc1ccccc1-c1ccccc1. The molecule has 0 spiro atoms. The topological polar surface area (TPSA) is 59.6 Å². The number of carbonyl (C=O) groups excluding carboxylic acids is 1. The van der Waals surface area contributed by atoms with Crippen LogP contribution in [0.2, 0.25) is 0 Å². The first-order valence-electron chi connectivity index (χ1n) is 9.28. The number of hydrogen-bond donors (Lipinski definition) is 2. The van der Waals surface area contributed by atoms with E-state index in [4.69, 9.17) is 9.47 Å². The maximum Gasteiger partial charge on any atom is 0.241 e. The third-order valence-corrected chi connectivity index (χ3v) is 4.71. The van der Waals surface area contributed by atoms with E-state index in [1.54, 1.807) is 0 Å². The Balaban J connectivity index is 1.40. The van der Waals surface area contributed by atoms with Crippen molar-refractivity contribution in [3.05, 3.63) is 78.4 Å². The Morgan fingerprint density at radius 3 is 2.57 bits per heavy atom.